The standard InChI is InChI=1S/C15H13Cl3FN/c1-9(13-5-3-11(16)6-15(13)18)20-8-10-2-4-12(19)7-14(10)17/h2-7,9,20H,8H2,1H3. The van der Waals surface area contributed by atoms with Gasteiger partial charge in [0, 0.05) is 27.7 Å². The largest absolute Gasteiger partial charge is 0.306 e. The lowest BCUT2D eigenvalue weighted by Gasteiger charge is -2.16. The maximum absolute atomic E-state index is 13.0. The van der Waals surface area contributed by atoms with Crippen LogP contribution in [0.2, 0.25) is 15.1 Å². The molecule has 0 aliphatic rings. The molecular formula is C15H13Cl3FN. The van der Waals surface area contributed by atoms with Gasteiger partial charge in [0.1, 0.15) is 5.82 Å². The highest BCUT2D eigenvalue weighted by Crippen LogP contribution is 2.26. The molecule has 0 fully saturated rings. The molecule has 0 spiro atoms. The van der Waals surface area contributed by atoms with Crippen LogP contribution in [0.15, 0.2) is 36.4 Å². The van der Waals surface area contributed by atoms with Crippen LogP contribution in [-0.4, -0.2) is 0 Å². The zero-order valence-electron chi connectivity index (χ0n) is 10.8. The van der Waals surface area contributed by atoms with Gasteiger partial charge in [0.05, 0.1) is 0 Å². The molecule has 2 rings (SSSR count). The summed E-state index contributed by atoms with van der Waals surface area (Å²) in [5.41, 5.74) is 1.79. The van der Waals surface area contributed by atoms with Gasteiger partial charge < -0.3 is 5.32 Å². The third kappa shape index (κ3) is 3.86. The van der Waals surface area contributed by atoms with Crippen molar-refractivity contribution in [3.63, 3.8) is 0 Å². The van der Waals surface area contributed by atoms with Crippen molar-refractivity contribution in [2.45, 2.75) is 19.5 Å². The first kappa shape index (κ1) is 15.6. The highest BCUT2D eigenvalue weighted by Gasteiger charge is 2.10. The minimum atomic E-state index is -0.340. The average Bonchev–Trinajstić information content (AvgIpc) is 2.37. The number of hydrogen-bond donors (Lipinski definition) is 1. The van der Waals surface area contributed by atoms with Crippen LogP contribution in [-0.2, 0) is 6.54 Å². The van der Waals surface area contributed by atoms with E-state index in [0.717, 1.165) is 11.1 Å². The van der Waals surface area contributed by atoms with Crippen molar-refractivity contribution < 1.29 is 4.39 Å². The Morgan fingerprint density at radius 3 is 2.45 bits per heavy atom. The molecule has 0 heterocycles. The Morgan fingerprint density at radius 2 is 1.80 bits per heavy atom. The van der Waals surface area contributed by atoms with Crippen molar-refractivity contribution in [3.05, 3.63) is 68.4 Å². The van der Waals surface area contributed by atoms with Crippen LogP contribution in [0.25, 0.3) is 0 Å². The summed E-state index contributed by atoms with van der Waals surface area (Å²) in [7, 11) is 0. The summed E-state index contributed by atoms with van der Waals surface area (Å²) in [4.78, 5) is 0. The van der Waals surface area contributed by atoms with Crippen molar-refractivity contribution in [2.75, 3.05) is 0 Å². The molecule has 1 unspecified atom stereocenters. The molecule has 0 radical (unpaired) electrons. The highest BCUT2D eigenvalue weighted by molar-refractivity contribution is 6.35. The zero-order valence-corrected chi connectivity index (χ0v) is 13.0. The molecular weight excluding hydrogens is 320 g/mol. The molecule has 0 saturated heterocycles. The Morgan fingerprint density at radius 1 is 1.05 bits per heavy atom. The van der Waals surface area contributed by atoms with Crippen LogP contribution in [0.5, 0.6) is 0 Å². The van der Waals surface area contributed by atoms with E-state index in [1.165, 1.54) is 12.1 Å². The number of rotatable bonds is 4. The molecule has 106 valence electrons. The first-order valence-corrected chi connectivity index (χ1v) is 7.23. The van der Waals surface area contributed by atoms with E-state index >= 15 is 0 Å². The zero-order chi connectivity index (χ0) is 14.7. The minimum Gasteiger partial charge on any atom is -0.306 e. The van der Waals surface area contributed by atoms with Crippen LogP contribution in [0.4, 0.5) is 4.39 Å². The van der Waals surface area contributed by atoms with E-state index in [9.17, 15) is 4.39 Å². The third-order valence-electron chi connectivity index (χ3n) is 3.04. The topological polar surface area (TPSA) is 12.0 Å². The van der Waals surface area contributed by atoms with Crippen LogP contribution in [0.1, 0.15) is 24.1 Å². The summed E-state index contributed by atoms with van der Waals surface area (Å²) in [6.45, 7) is 2.52. The van der Waals surface area contributed by atoms with Crippen molar-refractivity contribution in [1.82, 2.24) is 5.32 Å². The number of benzene rings is 2. The van der Waals surface area contributed by atoms with Gasteiger partial charge in [-0.3, -0.25) is 0 Å². The van der Waals surface area contributed by atoms with E-state index < -0.39 is 0 Å². The van der Waals surface area contributed by atoms with Crippen molar-refractivity contribution in [2.24, 2.45) is 0 Å². The van der Waals surface area contributed by atoms with E-state index in [1.54, 1.807) is 18.2 Å². The number of hydrogen-bond acceptors (Lipinski definition) is 1. The van der Waals surface area contributed by atoms with Gasteiger partial charge in [-0.2, -0.15) is 0 Å². The van der Waals surface area contributed by atoms with Crippen LogP contribution in [0.3, 0.4) is 0 Å². The van der Waals surface area contributed by atoms with Gasteiger partial charge in [-0.1, -0.05) is 46.9 Å². The molecule has 0 amide bonds. The lowest BCUT2D eigenvalue weighted by Crippen LogP contribution is -2.18. The predicted molar refractivity (Wildman–Crippen MR) is 83.1 cm³/mol. The van der Waals surface area contributed by atoms with Gasteiger partial charge in [-0.15, -0.1) is 0 Å². The second-order valence-electron chi connectivity index (χ2n) is 4.50. The summed E-state index contributed by atoms with van der Waals surface area (Å²) in [6.07, 6.45) is 0. The second-order valence-corrected chi connectivity index (χ2v) is 5.75. The van der Waals surface area contributed by atoms with Gasteiger partial charge in [-0.05, 0) is 42.3 Å². The maximum atomic E-state index is 13.0. The molecule has 20 heavy (non-hydrogen) atoms. The minimum absolute atomic E-state index is 0.0286. The van der Waals surface area contributed by atoms with Gasteiger partial charge >= 0.3 is 0 Å². The summed E-state index contributed by atoms with van der Waals surface area (Å²) in [5, 5.41) is 4.93. The molecule has 5 heteroatoms. The summed E-state index contributed by atoms with van der Waals surface area (Å²) >= 11 is 18.0. The van der Waals surface area contributed by atoms with Crippen molar-refractivity contribution >= 4 is 34.8 Å². The van der Waals surface area contributed by atoms with Gasteiger partial charge in [0.2, 0.25) is 0 Å². The fraction of sp³-hybridized carbons (Fsp3) is 0.200. The van der Waals surface area contributed by atoms with Gasteiger partial charge in [-0.25, -0.2) is 4.39 Å². The quantitative estimate of drug-likeness (QED) is 0.764. The first-order valence-electron chi connectivity index (χ1n) is 6.09. The number of halogens is 4. The lowest BCUT2D eigenvalue weighted by atomic mass is 10.1. The molecule has 1 nitrogen and oxygen atoms in total. The molecule has 1 N–H and O–H groups in total. The Kier molecular flexibility index (Phi) is 5.28. The predicted octanol–water partition coefficient (Wildman–Crippen LogP) is 5.64. The molecule has 2 aromatic carbocycles. The van der Waals surface area contributed by atoms with Crippen LogP contribution in [0, 0.1) is 5.82 Å². The Bertz CT molecular complexity index is 616. The lowest BCUT2D eigenvalue weighted by molar-refractivity contribution is 0.573. The van der Waals surface area contributed by atoms with Crippen LogP contribution < -0.4 is 5.32 Å². The van der Waals surface area contributed by atoms with E-state index in [2.05, 4.69) is 5.32 Å². The van der Waals surface area contributed by atoms with E-state index in [4.69, 9.17) is 34.8 Å². The second kappa shape index (κ2) is 6.77. The number of nitrogens with one attached hydrogen (secondary N) is 1. The van der Waals surface area contributed by atoms with E-state index in [1.807, 2.05) is 13.0 Å². The van der Waals surface area contributed by atoms with Gasteiger partial charge in [0.15, 0.2) is 0 Å². The monoisotopic (exact) mass is 331 g/mol. The summed E-state index contributed by atoms with van der Waals surface area (Å²) in [6, 6.07) is 9.78. The fourth-order valence-electron chi connectivity index (χ4n) is 1.89. The van der Waals surface area contributed by atoms with Crippen molar-refractivity contribution in [3.8, 4) is 0 Å². The SMILES string of the molecule is CC(NCc1ccc(F)cc1Cl)c1ccc(Cl)cc1Cl. The smallest absolute Gasteiger partial charge is 0.124 e. The van der Waals surface area contributed by atoms with E-state index in [-0.39, 0.29) is 11.9 Å². The fourth-order valence-corrected chi connectivity index (χ4v) is 2.70. The first-order chi connectivity index (χ1) is 9.47. The maximum Gasteiger partial charge on any atom is 0.124 e. The average molecular weight is 333 g/mol. The molecule has 0 saturated carbocycles. The normalized spacial score (nSPS) is 12.4. The summed E-state index contributed by atoms with van der Waals surface area (Å²) in [5.74, 6) is -0.340. The molecule has 2 aromatic rings. The summed E-state index contributed by atoms with van der Waals surface area (Å²) < 4.78 is 13.0. The van der Waals surface area contributed by atoms with Gasteiger partial charge in [0.25, 0.3) is 0 Å². The molecule has 0 aliphatic heterocycles. The Balaban J connectivity index is 2.06. The Hall–Kier alpha value is -0.800. The highest BCUT2D eigenvalue weighted by atomic mass is 35.5. The Labute approximate surface area is 132 Å². The molecule has 0 aromatic heterocycles. The molecule has 0 bridgehead atoms. The van der Waals surface area contributed by atoms with E-state index in [0.29, 0.717) is 21.6 Å². The van der Waals surface area contributed by atoms with Crippen molar-refractivity contribution in [1.29, 1.82) is 0 Å². The molecule has 1 atom stereocenters. The third-order valence-corrected chi connectivity index (χ3v) is 3.96. The van der Waals surface area contributed by atoms with Crippen LogP contribution >= 0.6 is 34.8 Å². The molecule has 0 aliphatic carbocycles.